The predicted molar refractivity (Wildman–Crippen MR) is 58.2 cm³/mol. The minimum absolute atomic E-state index is 0.0613. The molecule has 1 N–H and O–H groups in total. The van der Waals surface area contributed by atoms with Gasteiger partial charge in [-0.1, -0.05) is 0 Å². The van der Waals surface area contributed by atoms with Gasteiger partial charge in [-0.2, -0.15) is 0 Å². The van der Waals surface area contributed by atoms with Crippen molar-refractivity contribution in [1.82, 2.24) is 0 Å². The molecule has 0 amide bonds. The van der Waals surface area contributed by atoms with Gasteiger partial charge in [0, 0.05) is 12.0 Å². The number of carbonyl (C=O) groups is 1. The molecule has 1 aromatic rings. The number of aliphatic hydroxyl groups is 1. The number of Topliss-reactive ketones (excluding diaryl/α,β-unsaturated/α-hetero) is 1. The summed E-state index contributed by atoms with van der Waals surface area (Å²) in [4.78, 5) is 11.5. The van der Waals surface area contributed by atoms with Crippen molar-refractivity contribution in [2.75, 3.05) is 20.3 Å². The highest BCUT2D eigenvalue weighted by molar-refractivity contribution is 6.01. The molecule has 0 saturated carbocycles. The number of aryl methyl sites for hydroxylation is 1. The van der Waals surface area contributed by atoms with Gasteiger partial charge in [0.15, 0.2) is 17.3 Å². The van der Waals surface area contributed by atoms with Crippen LogP contribution in [0.5, 0.6) is 11.5 Å². The van der Waals surface area contributed by atoms with Crippen LogP contribution < -0.4 is 9.47 Å². The molecule has 0 fully saturated rings. The van der Waals surface area contributed by atoms with E-state index in [-0.39, 0.29) is 19.0 Å². The summed E-state index contributed by atoms with van der Waals surface area (Å²) in [6.07, 6.45) is 1.33. The van der Waals surface area contributed by atoms with Gasteiger partial charge < -0.3 is 14.6 Å². The lowest BCUT2D eigenvalue weighted by molar-refractivity contribution is 0.0994. The van der Waals surface area contributed by atoms with Crippen LogP contribution in [-0.2, 0) is 6.42 Å². The van der Waals surface area contributed by atoms with Gasteiger partial charge in [0.2, 0.25) is 0 Å². The molecular formula is C12H14O4. The average molecular weight is 222 g/mol. The Kier molecular flexibility index (Phi) is 3.10. The van der Waals surface area contributed by atoms with Gasteiger partial charge in [0.25, 0.3) is 0 Å². The lowest BCUT2D eigenvalue weighted by Gasteiger charge is -2.11. The van der Waals surface area contributed by atoms with E-state index in [0.29, 0.717) is 23.5 Å². The summed E-state index contributed by atoms with van der Waals surface area (Å²) in [7, 11) is 1.56. The molecule has 1 aliphatic carbocycles. The van der Waals surface area contributed by atoms with Gasteiger partial charge in [-0.05, 0) is 24.1 Å². The molecule has 0 spiro atoms. The number of benzene rings is 1. The molecular weight excluding hydrogens is 208 g/mol. The Morgan fingerprint density at radius 1 is 1.31 bits per heavy atom. The van der Waals surface area contributed by atoms with Crippen molar-refractivity contribution in [2.45, 2.75) is 12.8 Å². The van der Waals surface area contributed by atoms with Crippen molar-refractivity contribution in [1.29, 1.82) is 0 Å². The molecule has 0 unspecified atom stereocenters. The van der Waals surface area contributed by atoms with E-state index in [1.54, 1.807) is 13.2 Å². The maximum atomic E-state index is 11.5. The van der Waals surface area contributed by atoms with Gasteiger partial charge in [0.1, 0.15) is 6.61 Å². The van der Waals surface area contributed by atoms with Crippen molar-refractivity contribution in [3.05, 3.63) is 23.3 Å². The first-order chi connectivity index (χ1) is 7.76. The Bertz CT molecular complexity index is 412. The molecule has 16 heavy (non-hydrogen) atoms. The minimum atomic E-state index is -0.0613. The lowest BCUT2D eigenvalue weighted by atomic mass is 10.1. The van der Waals surface area contributed by atoms with Gasteiger partial charge in [-0.25, -0.2) is 0 Å². The summed E-state index contributed by atoms with van der Waals surface area (Å²) >= 11 is 0. The fraction of sp³-hybridized carbons (Fsp3) is 0.417. The summed E-state index contributed by atoms with van der Waals surface area (Å²) in [5.41, 5.74) is 1.73. The third-order valence-corrected chi connectivity index (χ3v) is 2.66. The summed E-state index contributed by atoms with van der Waals surface area (Å²) in [6, 6.07) is 3.55. The summed E-state index contributed by atoms with van der Waals surface area (Å²) in [5.74, 6) is 1.28. The lowest BCUT2D eigenvalue weighted by Crippen LogP contribution is -2.04. The van der Waals surface area contributed by atoms with Crippen LogP contribution in [0.3, 0.4) is 0 Å². The smallest absolute Gasteiger partial charge is 0.163 e. The first kappa shape index (κ1) is 11.0. The zero-order chi connectivity index (χ0) is 11.5. The molecule has 0 heterocycles. The van der Waals surface area contributed by atoms with Crippen LogP contribution in [0.1, 0.15) is 22.3 Å². The molecule has 0 saturated heterocycles. The van der Waals surface area contributed by atoms with Crippen LogP contribution in [0.4, 0.5) is 0 Å². The highest BCUT2D eigenvalue weighted by Crippen LogP contribution is 2.34. The number of aliphatic hydroxyl groups excluding tert-OH is 1. The number of hydrogen-bond acceptors (Lipinski definition) is 4. The number of hydrogen-bond donors (Lipinski definition) is 1. The molecule has 2 rings (SSSR count). The van der Waals surface area contributed by atoms with E-state index in [4.69, 9.17) is 14.6 Å². The predicted octanol–water partition coefficient (Wildman–Crippen LogP) is 1.20. The molecule has 4 heteroatoms. The van der Waals surface area contributed by atoms with Crippen LogP contribution in [0.2, 0.25) is 0 Å². The van der Waals surface area contributed by atoms with Crippen LogP contribution >= 0.6 is 0 Å². The van der Waals surface area contributed by atoms with Crippen molar-refractivity contribution in [3.8, 4) is 11.5 Å². The SMILES string of the molecule is COc1cc2c(cc1OCCO)C(=O)CC2. The van der Waals surface area contributed by atoms with Crippen LogP contribution in [0.15, 0.2) is 12.1 Å². The van der Waals surface area contributed by atoms with E-state index in [2.05, 4.69) is 0 Å². The van der Waals surface area contributed by atoms with Crippen molar-refractivity contribution < 1.29 is 19.4 Å². The first-order valence-corrected chi connectivity index (χ1v) is 5.24. The second-order valence-corrected chi connectivity index (χ2v) is 3.66. The molecule has 86 valence electrons. The minimum Gasteiger partial charge on any atom is -0.493 e. The topological polar surface area (TPSA) is 55.8 Å². The number of ether oxygens (including phenoxy) is 2. The third-order valence-electron chi connectivity index (χ3n) is 2.66. The Morgan fingerprint density at radius 3 is 2.81 bits per heavy atom. The number of ketones is 1. The second-order valence-electron chi connectivity index (χ2n) is 3.66. The standard InChI is InChI=1S/C12H14O4/c1-15-11-6-8-2-3-10(14)9(8)7-12(11)16-5-4-13/h6-7,13H,2-5H2,1H3. The van der Waals surface area contributed by atoms with Gasteiger partial charge in [-0.15, -0.1) is 0 Å². The Hall–Kier alpha value is -1.55. The van der Waals surface area contributed by atoms with Gasteiger partial charge in [0.05, 0.1) is 13.7 Å². The quantitative estimate of drug-likeness (QED) is 0.831. The number of fused-ring (bicyclic) bond motifs is 1. The number of carbonyl (C=O) groups excluding carboxylic acids is 1. The maximum Gasteiger partial charge on any atom is 0.163 e. The summed E-state index contributed by atoms with van der Waals surface area (Å²) in [6.45, 7) is 0.136. The molecule has 0 bridgehead atoms. The van der Waals surface area contributed by atoms with Crippen molar-refractivity contribution in [3.63, 3.8) is 0 Å². The highest BCUT2D eigenvalue weighted by atomic mass is 16.5. The molecule has 0 aromatic heterocycles. The summed E-state index contributed by atoms with van der Waals surface area (Å²) < 4.78 is 10.5. The molecule has 0 atom stereocenters. The zero-order valence-electron chi connectivity index (χ0n) is 9.16. The molecule has 1 aliphatic rings. The van der Waals surface area contributed by atoms with Crippen molar-refractivity contribution in [2.24, 2.45) is 0 Å². The first-order valence-electron chi connectivity index (χ1n) is 5.24. The Balaban J connectivity index is 2.35. The monoisotopic (exact) mass is 222 g/mol. The second kappa shape index (κ2) is 4.53. The highest BCUT2D eigenvalue weighted by Gasteiger charge is 2.22. The fourth-order valence-electron chi connectivity index (χ4n) is 1.88. The van der Waals surface area contributed by atoms with Crippen LogP contribution in [0, 0.1) is 0 Å². The Morgan fingerprint density at radius 2 is 2.12 bits per heavy atom. The Labute approximate surface area is 93.8 Å². The molecule has 1 aromatic carbocycles. The fourth-order valence-corrected chi connectivity index (χ4v) is 1.88. The number of rotatable bonds is 4. The van der Waals surface area contributed by atoms with Gasteiger partial charge in [-0.3, -0.25) is 4.79 Å². The summed E-state index contributed by atoms with van der Waals surface area (Å²) in [5, 5.41) is 8.70. The third kappa shape index (κ3) is 1.88. The van der Waals surface area contributed by atoms with E-state index in [0.717, 1.165) is 12.0 Å². The van der Waals surface area contributed by atoms with E-state index >= 15 is 0 Å². The molecule has 0 radical (unpaired) electrons. The van der Waals surface area contributed by atoms with Crippen molar-refractivity contribution >= 4 is 5.78 Å². The molecule has 4 nitrogen and oxygen atoms in total. The van der Waals surface area contributed by atoms with E-state index in [9.17, 15) is 4.79 Å². The average Bonchev–Trinajstić information content (AvgIpc) is 2.66. The van der Waals surface area contributed by atoms with E-state index in [1.165, 1.54) is 0 Å². The van der Waals surface area contributed by atoms with Crippen LogP contribution in [-0.4, -0.2) is 31.2 Å². The largest absolute Gasteiger partial charge is 0.493 e. The normalized spacial score (nSPS) is 13.8. The van der Waals surface area contributed by atoms with E-state index in [1.807, 2.05) is 6.07 Å². The number of methoxy groups -OCH3 is 1. The van der Waals surface area contributed by atoms with Gasteiger partial charge >= 0.3 is 0 Å². The zero-order valence-corrected chi connectivity index (χ0v) is 9.16. The molecule has 0 aliphatic heterocycles. The van der Waals surface area contributed by atoms with Crippen LogP contribution in [0.25, 0.3) is 0 Å². The maximum absolute atomic E-state index is 11.5. The van der Waals surface area contributed by atoms with E-state index < -0.39 is 0 Å².